The minimum atomic E-state index is -0.230. The number of anilines is 2. The fraction of sp³-hybridized carbons (Fsp3) is 0.154. The molecule has 7 heteroatoms. The Labute approximate surface area is 192 Å². The van der Waals surface area contributed by atoms with Crippen LogP contribution >= 0.6 is 0 Å². The van der Waals surface area contributed by atoms with Gasteiger partial charge in [0.05, 0.1) is 31.2 Å². The normalized spacial score (nSPS) is 13.6. The molecule has 0 radical (unpaired) electrons. The van der Waals surface area contributed by atoms with Gasteiger partial charge in [0.1, 0.15) is 0 Å². The van der Waals surface area contributed by atoms with E-state index in [2.05, 4.69) is 10.6 Å². The van der Waals surface area contributed by atoms with Crippen molar-refractivity contribution in [2.24, 2.45) is 0 Å². The highest BCUT2D eigenvalue weighted by Gasteiger charge is 2.30. The fourth-order valence-corrected chi connectivity index (χ4v) is 3.73. The van der Waals surface area contributed by atoms with Crippen LogP contribution in [0.4, 0.5) is 11.4 Å². The van der Waals surface area contributed by atoms with Crippen LogP contribution in [-0.2, 0) is 4.79 Å². The van der Waals surface area contributed by atoms with Gasteiger partial charge in [0, 0.05) is 37.0 Å². The van der Waals surface area contributed by atoms with Gasteiger partial charge in [0.25, 0.3) is 11.8 Å². The highest BCUT2D eigenvalue weighted by Crippen LogP contribution is 2.43. The number of methoxy groups -OCH3 is 2. The number of amides is 2. The Hall–Kier alpha value is -4.26. The number of fused-ring (bicyclic) bond motifs is 1. The van der Waals surface area contributed by atoms with E-state index in [9.17, 15) is 9.59 Å². The van der Waals surface area contributed by atoms with Crippen LogP contribution in [-0.4, -0.2) is 45.0 Å². The van der Waals surface area contributed by atoms with Gasteiger partial charge in [-0.15, -0.1) is 0 Å². The third-order valence-electron chi connectivity index (χ3n) is 5.39. The van der Waals surface area contributed by atoms with E-state index >= 15 is 0 Å². The van der Waals surface area contributed by atoms with Crippen molar-refractivity contribution in [1.82, 2.24) is 4.90 Å². The third kappa shape index (κ3) is 4.25. The zero-order valence-electron chi connectivity index (χ0n) is 18.9. The first kappa shape index (κ1) is 22.0. The standard InChI is InChI=1S/C26H25N3O4/c1-29(2)26(31)17-10-12-18(13-11-17)27-24(16-8-6-5-7-9-16)23-19-14-21(32-3)22(33-4)15-20(19)28-25(23)30/h5-15,27H,1-4H3,(H,28,30)/b24-23-. The van der Waals surface area contributed by atoms with Crippen LogP contribution in [0.2, 0.25) is 0 Å². The summed E-state index contributed by atoms with van der Waals surface area (Å²) in [5, 5.41) is 6.32. The van der Waals surface area contributed by atoms with Gasteiger partial charge in [0.2, 0.25) is 0 Å². The van der Waals surface area contributed by atoms with Crippen molar-refractivity contribution in [3.05, 3.63) is 83.4 Å². The maximum absolute atomic E-state index is 13.1. The molecule has 3 aromatic rings. The van der Waals surface area contributed by atoms with E-state index in [-0.39, 0.29) is 11.8 Å². The summed E-state index contributed by atoms with van der Waals surface area (Å²) in [5.74, 6) is 0.761. The SMILES string of the molecule is COc1cc2c(cc1OC)/C(=C(/Nc1ccc(C(=O)N(C)C)cc1)c1ccccc1)C(=O)N2. The molecule has 3 aromatic carbocycles. The Kier molecular flexibility index (Phi) is 6.04. The second-order valence-corrected chi connectivity index (χ2v) is 7.72. The number of nitrogens with zero attached hydrogens (tertiary/aromatic N) is 1. The predicted octanol–water partition coefficient (Wildman–Crippen LogP) is 4.34. The molecule has 0 atom stereocenters. The van der Waals surface area contributed by atoms with E-state index in [4.69, 9.17) is 9.47 Å². The van der Waals surface area contributed by atoms with Crippen molar-refractivity contribution in [1.29, 1.82) is 0 Å². The molecule has 0 spiro atoms. The van der Waals surface area contributed by atoms with Gasteiger partial charge >= 0.3 is 0 Å². The zero-order valence-corrected chi connectivity index (χ0v) is 18.9. The van der Waals surface area contributed by atoms with Gasteiger partial charge in [-0.05, 0) is 35.9 Å². The topological polar surface area (TPSA) is 79.9 Å². The van der Waals surface area contributed by atoms with Gasteiger partial charge in [-0.25, -0.2) is 0 Å². The van der Waals surface area contributed by atoms with Gasteiger partial charge in [0.15, 0.2) is 11.5 Å². The smallest absolute Gasteiger partial charge is 0.258 e. The molecule has 7 nitrogen and oxygen atoms in total. The van der Waals surface area contributed by atoms with Crippen LogP contribution < -0.4 is 20.1 Å². The molecule has 1 aliphatic heterocycles. The van der Waals surface area contributed by atoms with Crippen molar-refractivity contribution >= 4 is 34.5 Å². The molecule has 0 bridgehead atoms. The van der Waals surface area contributed by atoms with Gasteiger partial charge in [-0.3, -0.25) is 9.59 Å². The van der Waals surface area contributed by atoms with Crippen LogP contribution in [0, 0.1) is 0 Å². The van der Waals surface area contributed by atoms with Crippen LogP contribution in [0.15, 0.2) is 66.7 Å². The highest BCUT2D eigenvalue weighted by molar-refractivity contribution is 6.37. The summed E-state index contributed by atoms with van der Waals surface area (Å²) in [6.45, 7) is 0. The highest BCUT2D eigenvalue weighted by atomic mass is 16.5. The predicted molar refractivity (Wildman–Crippen MR) is 130 cm³/mol. The lowest BCUT2D eigenvalue weighted by atomic mass is 9.99. The Morgan fingerprint density at radius 1 is 0.879 bits per heavy atom. The average Bonchev–Trinajstić information content (AvgIpc) is 3.16. The molecule has 0 saturated heterocycles. The van der Waals surface area contributed by atoms with Gasteiger partial charge < -0.3 is 25.0 Å². The van der Waals surface area contributed by atoms with Gasteiger partial charge in [-0.2, -0.15) is 0 Å². The lowest BCUT2D eigenvalue weighted by molar-refractivity contribution is -0.110. The lowest BCUT2D eigenvalue weighted by Crippen LogP contribution is -2.21. The summed E-state index contributed by atoms with van der Waals surface area (Å²) >= 11 is 0. The first-order valence-corrected chi connectivity index (χ1v) is 10.4. The molecule has 2 N–H and O–H groups in total. The molecule has 0 fully saturated rings. The van der Waals surface area contributed by atoms with Crippen LogP contribution in [0.25, 0.3) is 11.3 Å². The Balaban J connectivity index is 1.83. The van der Waals surface area contributed by atoms with E-state index < -0.39 is 0 Å². The summed E-state index contributed by atoms with van der Waals surface area (Å²) in [6.07, 6.45) is 0. The van der Waals surface area contributed by atoms with E-state index in [1.807, 2.05) is 42.5 Å². The number of ether oxygens (including phenoxy) is 2. The number of carbonyl (C=O) groups is 2. The molecule has 1 aliphatic rings. The molecule has 0 saturated carbocycles. The molecular weight excluding hydrogens is 418 g/mol. The van der Waals surface area contributed by atoms with Crippen molar-refractivity contribution < 1.29 is 19.1 Å². The van der Waals surface area contributed by atoms with Crippen molar-refractivity contribution in [3.63, 3.8) is 0 Å². The summed E-state index contributed by atoms with van der Waals surface area (Å²) in [6, 6.07) is 20.3. The molecule has 4 rings (SSSR count). The molecule has 0 unspecified atom stereocenters. The summed E-state index contributed by atoms with van der Waals surface area (Å²) in [7, 11) is 6.54. The van der Waals surface area contributed by atoms with Gasteiger partial charge in [-0.1, -0.05) is 30.3 Å². The van der Waals surface area contributed by atoms with Crippen molar-refractivity contribution in [2.75, 3.05) is 38.9 Å². The quantitative estimate of drug-likeness (QED) is 0.554. The Bertz CT molecular complexity index is 1230. The number of hydrogen-bond donors (Lipinski definition) is 2. The molecule has 2 amide bonds. The number of nitrogens with one attached hydrogen (secondary N) is 2. The Morgan fingerprint density at radius 2 is 1.52 bits per heavy atom. The third-order valence-corrected chi connectivity index (χ3v) is 5.39. The minimum absolute atomic E-state index is 0.0756. The monoisotopic (exact) mass is 443 g/mol. The summed E-state index contributed by atoms with van der Waals surface area (Å²) < 4.78 is 10.8. The van der Waals surface area contributed by atoms with Crippen LogP contribution in [0.5, 0.6) is 11.5 Å². The number of rotatable bonds is 6. The average molecular weight is 444 g/mol. The van der Waals surface area contributed by atoms with Crippen LogP contribution in [0.1, 0.15) is 21.5 Å². The summed E-state index contributed by atoms with van der Waals surface area (Å²) in [5.41, 5.74) is 4.67. The molecule has 1 heterocycles. The lowest BCUT2D eigenvalue weighted by Gasteiger charge is -2.16. The molecule has 33 heavy (non-hydrogen) atoms. The second kappa shape index (κ2) is 9.08. The molecule has 0 aromatic heterocycles. The maximum atomic E-state index is 13.1. The van der Waals surface area contributed by atoms with Crippen LogP contribution in [0.3, 0.4) is 0 Å². The van der Waals surface area contributed by atoms with E-state index in [1.54, 1.807) is 52.6 Å². The van der Waals surface area contributed by atoms with E-state index in [1.165, 1.54) is 4.90 Å². The molecular formula is C26H25N3O4. The van der Waals surface area contributed by atoms with Crippen molar-refractivity contribution in [2.45, 2.75) is 0 Å². The number of carbonyl (C=O) groups excluding carboxylic acids is 2. The van der Waals surface area contributed by atoms with E-state index in [0.717, 1.165) is 11.3 Å². The molecule has 168 valence electrons. The number of hydrogen-bond acceptors (Lipinski definition) is 5. The first-order chi connectivity index (χ1) is 15.9. The Morgan fingerprint density at radius 3 is 2.12 bits per heavy atom. The zero-order chi connectivity index (χ0) is 23.5. The largest absolute Gasteiger partial charge is 0.493 e. The minimum Gasteiger partial charge on any atom is -0.493 e. The first-order valence-electron chi connectivity index (χ1n) is 10.4. The second-order valence-electron chi connectivity index (χ2n) is 7.72. The number of benzene rings is 3. The van der Waals surface area contributed by atoms with Crippen molar-refractivity contribution in [3.8, 4) is 11.5 Å². The maximum Gasteiger partial charge on any atom is 0.258 e. The summed E-state index contributed by atoms with van der Waals surface area (Å²) in [4.78, 5) is 26.9. The van der Waals surface area contributed by atoms with E-state index in [0.29, 0.717) is 39.6 Å². The molecule has 0 aliphatic carbocycles. The fourth-order valence-electron chi connectivity index (χ4n) is 3.73.